The van der Waals surface area contributed by atoms with E-state index >= 15 is 0 Å². The first-order valence-corrected chi connectivity index (χ1v) is 8.56. The SMILES string of the molecule is CC(C)Oc1c(Cl)cc(C=Nn2c(=O)[nH]c3ccccc3c2=O)cc1Cl. The molecule has 1 heterocycles. The van der Waals surface area contributed by atoms with Crippen LogP contribution in [0.25, 0.3) is 10.9 Å². The van der Waals surface area contributed by atoms with E-state index in [-0.39, 0.29) is 6.10 Å². The Labute approximate surface area is 158 Å². The van der Waals surface area contributed by atoms with Crippen molar-refractivity contribution >= 4 is 40.3 Å². The molecule has 3 aromatic rings. The molecule has 8 heteroatoms. The van der Waals surface area contributed by atoms with Gasteiger partial charge in [0.25, 0.3) is 5.56 Å². The molecule has 0 radical (unpaired) electrons. The number of nitrogens with one attached hydrogen (secondary N) is 1. The van der Waals surface area contributed by atoms with Gasteiger partial charge in [-0.25, -0.2) is 4.79 Å². The van der Waals surface area contributed by atoms with Gasteiger partial charge in [-0.05, 0) is 43.7 Å². The van der Waals surface area contributed by atoms with Crippen molar-refractivity contribution in [1.29, 1.82) is 0 Å². The van der Waals surface area contributed by atoms with E-state index in [9.17, 15) is 9.59 Å². The van der Waals surface area contributed by atoms with Gasteiger partial charge in [0.05, 0.1) is 33.3 Å². The zero-order chi connectivity index (χ0) is 18.8. The topological polar surface area (TPSA) is 76.5 Å². The summed E-state index contributed by atoms with van der Waals surface area (Å²) >= 11 is 12.4. The second-order valence-electron chi connectivity index (χ2n) is 5.82. The standard InChI is InChI=1S/C18H15Cl2N3O3/c1-10(2)26-16-13(19)7-11(8-14(16)20)9-21-23-17(24)12-5-3-4-6-15(12)22-18(23)25/h3-10H,1-2H3,(H,22,25). The number of aromatic nitrogens is 2. The maximum absolute atomic E-state index is 12.4. The molecule has 26 heavy (non-hydrogen) atoms. The molecule has 6 nitrogen and oxygen atoms in total. The van der Waals surface area contributed by atoms with Gasteiger partial charge < -0.3 is 9.72 Å². The van der Waals surface area contributed by atoms with E-state index in [1.165, 1.54) is 6.21 Å². The molecule has 1 N–H and O–H groups in total. The monoisotopic (exact) mass is 391 g/mol. The third-order valence-electron chi connectivity index (χ3n) is 3.48. The van der Waals surface area contributed by atoms with Gasteiger partial charge >= 0.3 is 5.69 Å². The van der Waals surface area contributed by atoms with Crippen molar-refractivity contribution in [2.75, 3.05) is 0 Å². The van der Waals surface area contributed by atoms with Gasteiger partial charge in [-0.1, -0.05) is 35.3 Å². The third-order valence-corrected chi connectivity index (χ3v) is 4.04. The van der Waals surface area contributed by atoms with Crippen LogP contribution in [0.4, 0.5) is 0 Å². The average Bonchev–Trinajstić information content (AvgIpc) is 2.58. The highest BCUT2D eigenvalue weighted by atomic mass is 35.5. The molecule has 134 valence electrons. The molecule has 0 spiro atoms. The zero-order valence-corrected chi connectivity index (χ0v) is 15.5. The number of hydrogen-bond donors (Lipinski definition) is 1. The molecular weight excluding hydrogens is 377 g/mol. The lowest BCUT2D eigenvalue weighted by Gasteiger charge is -2.13. The molecule has 0 saturated carbocycles. The summed E-state index contributed by atoms with van der Waals surface area (Å²) in [6.07, 6.45) is 1.25. The molecule has 0 aliphatic carbocycles. The minimum atomic E-state index is -0.637. The molecule has 0 aliphatic rings. The summed E-state index contributed by atoms with van der Waals surface area (Å²) in [5, 5.41) is 4.96. The van der Waals surface area contributed by atoms with Gasteiger partial charge in [-0.3, -0.25) is 4.79 Å². The van der Waals surface area contributed by atoms with E-state index in [4.69, 9.17) is 27.9 Å². The zero-order valence-electron chi connectivity index (χ0n) is 14.0. The van der Waals surface area contributed by atoms with Crippen LogP contribution in [-0.2, 0) is 0 Å². The van der Waals surface area contributed by atoms with Gasteiger partial charge in [0, 0.05) is 0 Å². The molecular formula is C18H15Cl2N3O3. The number of H-pyrrole nitrogens is 1. The summed E-state index contributed by atoms with van der Waals surface area (Å²) in [6, 6.07) is 9.90. The first-order chi connectivity index (χ1) is 12.4. The Kier molecular flexibility index (Phi) is 5.15. The molecule has 1 aromatic heterocycles. The Morgan fingerprint density at radius 2 is 1.81 bits per heavy atom. The molecule has 3 rings (SSSR count). The second-order valence-corrected chi connectivity index (χ2v) is 6.63. The van der Waals surface area contributed by atoms with Crippen LogP contribution in [0.1, 0.15) is 19.4 Å². The van der Waals surface area contributed by atoms with Crippen LogP contribution in [0.3, 0.4) is 0 Å². The Morgan fingerprint density at radius 1 is 1.15 bits per heavy atom. The van der Waals surface area contributed by atoms with Gasteiger partial charge in [-0.2, -0.15) is 5.10 Å². The fraction of sp³-hybridized carbons (Fsp3) is 0.167. The number of fused-ring (bicyclic) bond motifs is 1. The van der Waals surface area contributed by atoms with Crippen LogP contribution in [-0.4, -0.2) is 22.0 Å². The fourth-order valence-electron chi connectivity index (χ4n) is 2.38. The predicted octanol–water partition coefficient (Wildman–Crippen LogP) is 3.67. The van der Waals surface area contributed by atoms with Gasteiger partial charge in [0.2, 0.25) is 0 Å². The molecule has 0 unspecified atom stereocenters. The number of rotatable bonds is 4. The predicted molar refractivity (Wildman–Crippen MR) is 104 cm³/mol. The second kappa shape index (κ2) is 7.35. The number of aromatic amines is 1. The lowest BCUT2D eigenvalue weighted by molar-refractivity contribution is 0.243. The molecule has 2 aromatic carbocycles. The Bertz CT molecular complexity index is 1090. The Morgan fingerprint density at radius 3 is 2.46 bits per heavy atom. The van der Waals surface area contributed by atoms with Crippen molar-refractivity contribution in [3.63, 3.8) is 0 Å². The Balaban J connectivity index is 2.02. The molecule has 0 bridgehead atoms. The molecule has 0 amide bonds. The molecule has 0 fully saturated rings. The van der Waals surface area contributed by atoms with Crippen LogP contribution in [0.15, 0.2) is 51.1 Å². The summed E-state index contributed by atoms with van der Waals surface area (Å²) < 4.78 is 6.31. The van der Waals surface area contributed by atoms with Crippen molar-refractivity contribution in [2.45, 2.75) is 20.0 Å². The van der Waals surface area contributed by atoms with Crippen LogP contribution in [0, 0.1) is 0 Å². The van der Waals surface area contributed by atoms with Gasteiger partial charge in [-0.15, -0.1) is 4.68 Å². The molecule has 0 aliphatic heterocycles. The lowest BCUT2D eigenvalue weighted by Crippen LogP contribution is -2.32. The van der Waals surface area contributed by atoms with Crippen LogP contribution >= 0.6 is 23.2 Å². The molecule has 0 saturated heterocycles. The molecule has 0 atom stereocenters. The van der Waals surface area contributed by atoms with E-state index in [0.29, 0.717) is 32.3 Å². The quantitative estimate of drug-likeness (QED) is 0.689. The highest BCUT2D eigenvalue weighted by Gasteiger charge is 2.11. The van der Waals surface area contributed by atoms with Crippen LogP contribution < -0.4 is 16.0 Å². The first-order valence-electron chi connectivity index (χ1n) is 7.81. The largest absolute Gasteiger partial charge is 0.488 e. The number of benzene rings is 2. The lowest BCUT2D eigenvalue weighted by atomic mass is 10.2. The van der Waals surface area contributed by atoms with Crippen molar-refractivity contribution in [1.82, 2.24) is 9.66 Å². The number of hydrogen-bond acceptors (Lipinski definition) is 4. The van der Waals surface area contributed by atoms with E-state index in [0.717, 1.165) is 4.68 Å². The van der Waals surface area contributed by atoms with Crippen molar-refractivity contribution in [3.8, 4) is 5.75 Å². The number of halogens is 2. The number of para-hydroxylation sites is 1. The third kappa shape index (κ3) is 3.66. The fourth-order valence-corrected chi connectivity index (χ4v) is 2.98. The van der Waals surface area contributed by atoms with E-state index < -0.39 is 11.2 Å². The Hall–Kier alpha value is -2.57. The average molecular weight is 392 g/mol. The first kappa shape index (κ1) is 18.2. The normalized spacial score (nSPS) is 11.6. The van der Waals surface area contributed by atoms with E-state index in [1.807, 2.05) is 13.8 Å². The summed E-state index contributed by atoms with van der Waals surface area (Å²) in [6.45, 7) is 3.72. The summed E-state index contributed by atoms with van der Waals surface area (Å²) in [5.41, 5.74) is -0.176. The smallest absolute Gasteiger partial charge is 0.349 e. The van der Waals surface area contributed by atoms with E-state index in [1.54, 1.807) is 36.4 Å². The van der Waals surface area contributed by atoms with Crippen LogP contribution in [0.5, 0.6) is 5.75 Å². The maximum atomic E-state index is 12.4. The van der Waals surface area contributed by atoms with Gasteiger partial charge in [0.1, 0.15) is 0 Å². The summed E-state index contributed by atoms with van der Waals surface area (Å²) in [5.74, 6) is 0.376. The highest BCUT2D eigenvalue weighted by Crippen LogP contribution is 2.34. The number of ether oxygens (including phenoxy) is 1. The summed E-state index contributed by atoms with van der Waals surface area (Å²) in [4.78, 5) is 27.2. The van der Waals surface area contributed by atoms with Crippen molar-refractivity contribution < 1.29 is 4.74 Å². The van der Waals surface area contributed by atoms with Gasteiger partial charge in [0.15, 0.2) is 5.75 Å². The van der Waals surface area contributed by atoms with Crippen molar-refractivity contribution in [3.05, 3.63) is 72.8 Å². The minimum Gasteiger partial charge on any atom is -0.488 e. The summed E-state index contributed by atoms with van der Waals surface area (Å²) in [7, 11) is 0. The number of nitrogens with zero attached hydrogens (tertiary/aromatic N) is 2. The van der Waals surface area contributed by atoms with Crippen molar-refractivity contribution in [2.24, 2.45) is 5.10 Å². The minimum absolute atomic E-state index is 0.0840. The highest BCUT2D eigenvalue weighted by molar-refractivity contribution is 6.37. The van der Waals surface area contributed by atoms with E-state index in [2.05, 4.69) is 10.1 Å². The maximum Gasteiger partial charge on any atom is 0.349 e. The van der Waals surface area contributed by atoms with Crippen LogP contribution in [0.2, 0.25) is 10.0 Å².